The Balaban J connectivity index is 1.82. The minimum atomic E-state index is -0.983. The molecule has 0 aromatic heterocycles. The summed E-state index contributed by atoms with van der Waals surface area (Å²) >= 11 is 0. The maximum Gasteiger partial charge on any atom is 0.123 e. The van der Waals surface area contributed by atoms with E-state index in [0.717, 1.165) is 36.9 Å². The van der Waals surface area contributed by atoms with Gasteiger partial charge in [-0.3, -0.25) is 0 Å². The van der Waals surface area contributed by atoms with Crippen LogP contribution in [0.3, 0.4) is 0 Å². The van der Waals surface area contributed by atoms with Crippen molar-refractivity contribution in [1.82, 2.24) is 10.0 Å². The van der Waals surface area contributed by atoms with Crippen LogP contribution in [0.25, 0.3) is 0 Å². The number of hydrogen-bond acceptors (Lipinski definition) is 2. The van der Waals surface area contributed by atoms with Gasteiger partial charge in [-0.05, 0) is 60.2 Å². The van der Waals surface area contributed by atoms with Crippen molar-refractivity contribution in [2.75, 3.05) is 12.3 Å². The molecule has 1 aliphatic rings. The smallest absolute Gasteiger partial charge is 0.123 e. The number of nitrogens with one attached hydrogen (secondary N) is 2. The maximum atomic E-state index is 13.5. The number of rotatable bonds is 6. The van der Waals surface area contributed by atoms with Crippen LogP contribution in [0.4, 0.5) is 4.39 Å². The molecule has 2 N–H and O–H groups in total. The Hall–Kier alpha value is -1.56. The third kappa shape index (κ3) is 4.97. The third-order valence-electron chi connectivity index (χ3n) is 4.63. The van der Waals surface area contributed by atoms with Crippen LogP contribution in [0.2, 0.25) is 0 Å². The normalized spacial score (nSPS) is 18.4. The summed E-state index contributed by atoms with van der Waals surface area (Å²) in [7, 11) is -0.983. The van der Waals surface area contributed by atoms with Crippen molar-refractivity contribution in [3.63, 3.8) is 0 Å². The summed E-state index contributed by atoms with van der Waals surface area (Å²) in [4.78, 5) is 0. The molecule has 2 atom stereocenters. The molecule has 0 saturated heterocycles. The Bertz CT molecular complexity index is 750. The van der Waals surface area contributed by atoms with Gasteiger partial charge in [0.05, 0.1) is 11.0 Å². The topological polar surface area (TPSA) is 41.1 Å². The van der Waals surface area contributed by atoms with E-state index in [2.05, 4.69) is 28.2 Å². The molecule has 1 heterocycles. The summed E-state index contributed by atoms with van der Waals surface area (Å²) in [5.74, 6) is 0.417. The molecule has 134 valence electrons. The fourth-order valence-electron chi connectivity index (χ4n) is 3.32. The van der Waals surface area contributed by atoms with Gasteiger partial charge in [0, 0.05) is 18.3 Å². The highest BCUT2D eigenvalue weighted by molar-refractivity contribution is 7.82. The lowest BCUT2D eigenvalue weighted by Gasteiger charge is -2.20. The fraction of sp³-hybridized carbons (Fsp3) is 0.400. The van der Waals surface area contributed by atoms with Crippen LogP contribution >= 0.6 is 0 Å². The van der Waals surface area contributed by atoms with Crippen molar-refractivity contribution in [3.05, 3.63) is 70.5 Å². The van der Waals surface area contributed by atoms with Crippen molar-refractivity contribution in [2.24, 2.45) is 0 Å². The first-order valence-corrected chi connectivity index (χ1v) is 10.2. The zero-order valence-corrected chi connectivity index (χ0v) is 15.4. The monoisotopic (exact) mass is 360 g/mol. The van der Waals surface area contributed by atoms with Gasteiger partial charge >= 0.3 is 0 Å². The van der Waals surface area contributed by atoms with E-state index in [1.165, 1.54) is 17.2 Å². The van der Waals surface area contributed by atoms with Gasteiger partial charge in [-0.15, -0.1) is 0 Å². The Kier molecular flexibility index (Phi) is 6.34. The van der Waals surface area contributed by atoms with Gasteiger partial charge in [0.25, 0.3) is 0 Å². The molecule has 0 aliphatic carbocycles. The molecule has 0 radical (unpaired) electrons. The molecule has 2 unspecified atom stereocenters. The largest absolute Gasteiger partial charge is 0.310 e. The van der Waals surface area contributed by atoms with E-state index in [1.807, 2.05) is 13.0 Å². The van der Waals surface area contributed by atoms with Crippen LogP contribution in [-0.2, 0) is 30.4 Å². The average Bonchev–Trinajstić information content (AvgIpc) is 2.82. The van der Waals surface area contributed by atoms with Crippen molar-refractivity contribution in [3.8, 4) is 0 Å². The van der Waals surface area contributed by atoms with Crippen LogP contribution < -0.4 is 10.0 Å². The summed E-state index contributed by atoms with van der Waals surface area (Å²) in [6, 6.07) is 13.5. The van der Waals surface area contributed by atoms with Crippen molar-refractivity contribution < 1.29 is 8.60 Å². The van der Waals surface area contributed by atoms with E-state index in [-0.39, 0.29) is 11.9 Å². The summed E-state index contributed by atoms with van der Waals surface area (Å²) in [5.41, 5.74) is 4.77. The van der Waals surface area contributed by atoms with Crippen LogP contribution in [-0.4, -0.2) is 16.5 Å². The highest BCUT2D eigenvalue weighted by Crippen LogP contribution is 2.27. The quantitative estimate of drug-likeness (QED) is 0.829. The number of halogens is 1. The van der Waals surface area contributed by atoms with Gasteiger partial charge in [-0.25, -0.2) is 13.3 Å². The number of aryl methyl sites for hydroxylation is 1. The predicted octanol–water partition coefficient (Wildman–Crippen LogP) is 3.42. The zero-order valence-electron chi connectivity index (χ0n) is 14.6. The highest BCUT2D eigenvalue weighted by atomic mass is 32.2. The Morgan fingerprint density at radius 2 is 2.12 bits per heavy atom. The van der Waals surface area contributed by atoms with E-state index in [4.69, 9.17) is 0 Å². The van der Waals surface area contributed by atoms with Crippen molar-refractivity contribution in [2.45, 2.75) is 38.8 Å². The number of benzene rings is 2. The SMILES string of the molecule is CCS(=O)NCc1ccc2c(c1)C(Cc1cccc(F)c1)NCCC2. The molecule has 0 amide bonds. The lowest BCUT2D eigenvalue weighted by Crippen LogP contribution is -2.23. The minimum Gasteiger partial charge on any atom is -0.310 e. The van der Waals surface area contributed by atoms with Gasteiger partial charge in [0.15, 0.2) is 0 Å². The second-order valence-corrected chi connectivity index (χ2v) is 7.99. The maximum absolute atomic E-state index is 13.5. The first-order chi connectivity index (χ1) is 12.2. The first-order valence-electron chi connectivity index (χ1n) is 8.87. The summed E-state index contributed by atoms with van der Waals surface area (Å²) in [6.45, 7) is 3.46. The lowest BCUT2D eigenvalue weighted by atomic mass is 9.92. The molecular formula is C20H25FN2OS. The van der Waals surface area contributed by atoms with Gasteiger partial charge in [0.2, 0.25) is 0 Å². The van der Waals surface area contributed by atoms with E-state index >= 15 is 0 Å². The van der Waals surface area contributed by atoms with E-state index in [9.17, 15) is 8.60 Å². The number of fused-ring (bicyclic) bond motifs is 1. The van der Waals surface area contributed by atoms with Crippen molar-refractivity contribution in [1.29, 1.82) is 0 Å². The minimum absolute atomic E-state index is 0.177. The standard InChI is InChI=1S/C20H25FN2OS/c1-2-25(24)23-14-16-8-9-17-6-4-10-22-20(19(17)12-16)13-15-5-3-7-18(21)11-15/h3,5,7-9,11-12,20,22-23H,2,4,6,10,13-14H2,1H3. The van der Waals surface area contributed by atoms with Gasteiger partial charge in [-0.2, -0.15) is 0 Å². The van der Waals surface area contributed by atoms with Crippen LogP contribution in [0.15, 0.2) is 42.5 Å². The molecule has 1 aliphatic heterocycles. The predicted molar refractivity (Wildman–Crippen MR) is 101 cm³/mol. The summed E-state index contributed by atoms with van der Waals surface area (Å²) in [6.07, 6.45) is 2.92. The molecule has 2 aromatic rings. The first kappa shape index (κ1) is 18.2. The van der Waals surface area contributed by atoms with Crippen molar-refractivity contribution >= 4 is 11.0 Å². The average molecular weight is 360 g/mol. The van der Waals surface area contributed by atoms with E-state index in [1.54, 1.807) is 12.1 Å². The molecule has 0 bridgehead atoms. The molecular weight excluding hydrogens is 335 g/mol. The van der Waals surface area contributed by atoms with Crippen LogP contribution in [0.1, 0.15) is 41.6 Å². The van der Waals surface area contributed by atoms with Crippen LogP contribution in [0.5, 0.6) is 0 Å². The molecule has 3 nitrogen and oxygen atoms in total. The molecule has 2 aromatic carbocycles. The zero-order chi connectivity index (χ0) is 17.6. The Morgan fingerprint density at radius 1 is 1.24 bits per heavy atom. The second-order valence-electron chi connectivity index (χ2n) is 6.43. The van der Waals surface area contributed by atoms with Gasteiger partial charge < -0.3 is 5.32 Å². The molecule has 3 rings (SSSR count). The van der Waals surface area contributed by atoms with Crippen LogP contribution in [0, 0.1) is 5.82 Å². The third-order valence-corrected chi connectivity index (χ3v) is 5.62. The Labute approximate surface area is 151 Å². The summed E-state index contributed by atoms with van der Waals surface area (Å²) in [5, 5.41) is 3.61. The second kappa shape index (κ2) is 8.70. The number of hydrogen-bond donors (Lipinski definition) is 2. The molecule has 0 saturated carbocycles. The molecule has 25 heavy (non-hydrogen) atoms. The lowest BCUT2D eigenvalue weighted by molar-refractivity contribution is 0.537. The molecule has 0 spiro atoms. The van der Waals surface area contributed by atoms with Gasteiger partial charge in [-0.1, -0.05) is 37.3 Å². The van der Waals surface area contributed by atoms with Gasteiger partial charge in [0.1, 0.15) is 5.82 Å². The molecule has 5 heteroatoms. The fourth-order valence-corrected chi connectivity index (χ4v) is 3.85. The molecule has 0 fully saturated rings. The van der Waals surface area contributed by atoms with E-state index in [0.29, 0.717) is 12.3 Å². The van der Waals surface area contributed by atoms with E-state index < -0.39 is 11.0 Å². The summed E-state index contributed by atoms with van der Waals surface area (Å²) < 4.78 is 28.2. The highest BCUT2D eigenvalue weighted by Gasteiger charge is 2.19. The Morgan fingerprint density at radius 3 is 2.92 bits per heavy atom.